The summed E-state index contributed by atoms with van der Waals surface area (Å²) in [5.41, 5.74) is 2.19. The maximum absolute atomic E-state index is 12.7. The fourth-order valence-electron chi connectivity index (χ4n) is 3.22. The number of carbonyl (C=O) groups is 1. The van der Waals surface area contributed by atoms with E-state index in [1.165, 1.54) is 5.56 Å². The van der Waals surface area contributed by atoms with Gasteiger partial charge in [0.15, 0.2) is 21.9 Å². The lowest BCUT2D eigenvalue weighted by atomic mass is 9.98. The van der Waals surface area contributed by atoms with Gasteiger partial charge in [-0.3, -0.25) is 4.79 Å². The first-order chi connectivity index (χ1) is 13.7. The lowest BCUT2D eigenvalue weighted by Crippen LogP contribution is -2.29. The summed E-state index contributed by atoms with van der Waals surface area (Å²) in [6, 6.07) is 19.2. The fraction of sp³-hybridized carbons (Fsp3) is 0.227. The van der Waals surface area contributed by atoms with Crippen LogP contribution in [0.15, 0.2) is 69.8 Å². The highest BCUT2D eigenvalue weighted by atomic mass is 79.9. The molecule has 0 spiro atoms. The number of hydrogen-bond acceptors (Lipinski definition) is 4. The summed E-state index contributed by atoms with van der Waals surface area (Å²) >= 11 is 3.24. The monoisotopic (exact) mass is 441 g/mol. The van der Waals surface area contributed by atoms with Crippen LogP contribution in [0.5, 0.6) is 11.5 Å². The molecule has 0 aliphatic carbocycles. The zero-order valence-electron chi connectivity index (χ0n) is 15.2. The van der Waals surface area contributed by atoms with Crippen molar-refractivity contribution in [1.82, 2.24) is 5.32 Å². The van der Waals surface area contributed by atoms with E-state index in [9.17, 15) is 4.79 Å². The molecule has 0 bridgehead atoms. The van der Waals surface area contributed by atoms with Crippen molar-refractivity contribution in [3.8, 4) is 11.5 Å². The van der Waals surface area contributed by atoms with Crippen LogP contribution < -0.4 is 14.8 Å². The number of amides is 1. The molecule has 0 saturated heterocycles. The predicted octanol–water partition coefficient (Wildman–Crippen LogP) is 4.92. The number of aryl methyl sites for hydroxylation is 1. The summed E-state index contributed by atoms with van der Waals surface area (Å²) in [6.45, 7) is 1.08. The van der Waals surface area contributed by atoms with Gasteiger partial charge in [-0.15, -0.1) is 0 Å². The van der Waals surface area contributed by atoms with Crippen molar-refractivity contribution in [1.29, 1.82) is 0 Å². The molecule has 1 aliphatic heterocycles. The minimum Gasteiger partial charge on any atom is -0.486 e. The van der Waals surface area contributed by atoms with Crippen LogP contribution in [0.4, 0.5) is 0 Å². The SMILES string of the molecule is O=C(NC(CCc1ccccc1)c1ccc2c(c1)OCCO2)c1ccc(Br)o1. The van der Waals surface area contributed by atoms with Gasteiger partial charge in [-0.05, 0) is 64.2 Å². The van der Waals surface area contributed by atoms with Crippen LogP contribution in [-0.2, 0) is 6.42 Å². The molecule has 0 saturated carbocycles. The van der Waals surface area contributed by atoms with Gasteiger partial charge >= 0.3 is 0 Å². The first-order valence-electron chi connectivity index (χ1n) is 9.19. The largest absolute Gasteiger partial charge is 0.486 e. The number of rotatable bonds is 6. The maximum atomic E-state index is 12.7. The van der Waals surface area contributed by atoms with E-state index in [1.54, 1.807) is 12.1 Å². The summed E-state index contributed by atoms with van der Waals surface area (Å²) < 4.78 is 17.2. The molecule has 28 heavy (non-hydrogen) atoms. The number of halogens is 1. The number of furan rings is 1. The van der Waals surface area contributed by atoms with E-state index in [0.717, 1.165) is 24.2 Å². The molecule has 1 amide bonds. The molecule has 1 atom stereocenters. The van der Waals surface area contributed by atoms with Crippen molar-refractivity contribution in [2.75, 3.05) is 13.2 Å². The van der Waals surface area contributed by atoms with Gasteiger partial charge in [0.2, 0.25) is 0 Å². The van der Waals surface area contributed by atoms with Gasteiger partial charge in [0, 0.05) is 0 Å². The Morgan fingerprint density at radius 2 is 1.79 bits per heavy atom. The van der Waals surface area contributed by atoms with E-state index >= 15 is 0 Å². The highest BCUT2D eigenvalue weighted by Crippen LogP contribution is 2.34. The van der Waals surface area contributed by atoms with E-state index in [1.807, 2.05) is 36.4 Å². The molecule has 1 unspecified atom stereocenters. The Morgan fingerprint density at radius 1 is 1.00 bits per heavy atom. The van der Waals surface area contributed by atoms with E-state index in [4.69, 9.17) is 13.9 Å². The smallest absolute Gasteiger partial charge is 0.287 e. The van der Waals surface area contributed by atoms with Crippen molar-refractivity contribution in [3.63, 3.8) is 0 Å². The average molecular weight is 442 g/mol. The van der Waals surface area contributed by atoms with Crippen LogP contribution in [0.2, 0.25) is 0 Å². The summed E-state index contributed by atoms with van der Waals surface area (Å²) in [5.74, 6) is 1.47. The van der Waals surface area contributed by atoms with Gasteiger partial charge in [-0.1, -0.05) is 36.4 Å². The lowest BCUT2D eigenvalue weighted by Gasteiger charge is -2.23. The van der Waals surface area contributed by atoms with E-state index in [2.05, 4.69) is 33.4 Å². The second-order valence-electron chi connectivity index (χ2n) is 6.56. The second-order valence-corrected chi connectivity index (χ2v) is 7.34. The molecule has 0 radical (unpaired) electrons. The third kappa shape index (κ3) is 4.39. The standard InChI is InChI=1S/C22H20BrNO4/c23-21-11-10-19(28-21)22(25)24-17(8-6-15-4-2-1-3-5-15)16-7-9-18-20(14-16)27-13-12-26-18/h1-5,7,9-11,14,17H,6,8,12-13H2,(H,24,25). The first-order valence-corrected chi connectivity index (χ1v) is 9.98. The van der Waals surface area contributed by atoms with E-state index in [0.29, 0.717) is 23.6 Å². The van der Waals surface area contributed by atoms with Gasteiger partial charge in [-0.2, -0.15) is 0 Å². The molecule has 0 fully saturated rings. The number of fused-ring (bicyclic) bond motifs is 1. The molecule has 144 valence electrons. The Balaban J connectivity index is 1.56. The normalized spacial score (nSPS) is 13.8. The van der Waals surface area contributed by atoms with E-state index in [-0.39, 0.29) is 17.7 Å². The highest BCUT2D eigenvalue weighted by Gasteiger charge is 2.21. The highest BCUT2D eigenvalue weighted by molar-refractivity contribution is 9.10. The third-order valence-corrected chi connectivity index (χ3v) is 5.06. The quantitative estimate of drug-likeness (QED) is 0.589. The Hall–Kier alpha value is -2.73. The average Bonchev–Trinajstić information content (AvgIpc) is 3.18. The van der Waals surface area contributed by atoms with Crippen LogP contribution in [0, 0.1) is 0 Å². The Morgan fingerprint density at radius 3 is 2.54 bits per heavy atom. The molecule has 4 rings (SSSR count). The maximum Gasteiger partial charge on any atom is 0.287 e. The second kappa shape index (κ2) is 8.52. The van der Waals surface area contributed by atoms with Crippen molar-refractivity contribution in [2.24, 2.45) is 0 Å². The molecule has 1 aromatic heterocycles. The Labute approximate surface area is 171 Å². The molecule has 2 aromatic carbocycles. The van der Waals surface area contributed by atoms with Crippen LogP contribution in [0.25, 0.3) is 0 Å². The third-order valence-electron chi connectivity index (χ3n) is 4.64. The Kier molecular flexibility index (Phi) is 5.67. The summed E-state index contributed by atoms with van der Waals surface area (Å²) in [4.78, 5) is 12.7. The zero-order valence-corrected chi connectivity index (χ0v) is 16.8. The molecular formula is C22H20BrNO4. The number of nitrogens with one attached hydrogen (secondary N) is 1. The number of hydrogen-bond donors (Lipinski definition) is 1. The van der Waals surface area contributed by atoms with Crippen LogP contribution in [0.1, 0.15) is 34.1 Å². The van der Waals surface area contributed by atoms with Gasteiger partial charge < -0.3 is 19.2 Å². The lowest BCUT2D eigenvalue weighted by molar-refractivity contribution is 0.0905. The summed E-state index contributed by atoms with van der Waals surface area (Å²) in [7, 11) is 0. The minimum absolute atomic E-state index is 0.188. The topological polar surface area (TPSA) is 60.7 Å². The van der Waals surface area contributed by atoms with Gasteiger partial charge in [0.1, 0.15) is 13.2 Å². The van der Waals surface area contributed by atoms with Gasteiger partial charge in [-0.25, -0.2) is 0 Å². The van der Waals surface area contributed by atoms with Crippen molar-refractivity contribution in [2.45, 2.75) is 18.9 Å². The molecular weight excluding hydrogens is 422 g/mol. The Bertz CT molecular complexity index is 954. The molecule has 3 aromatic rings. The van der Waals surface area contributed by atoms with Gasteiger partial charge in [0.25, 0.3) is 5.91 Å². The molecule has 1 aliphatic rings. The predicted molar refractivity (Wildman–Crippen MR) is 109 cm³/mol. The molecule has 2 heterocycles. The number of ether oxygens (including phenoxy) is 2. The van der Waals surface area contributed by atoms with E-state index < -0.39 is 0 Å². The van der Waals surface area contributed by atoms with Crippen LogP contribution in [-0.4, -0.2) is 19.1 Å². The van der Waals surface area contributed by atoms with Crippen LogP contribution >= 0.6 is 15.9 Å². The zero-order chi connectivity index (χ0) is 19.3. The van der Waals surface area contributed by atoms with Gasteiger partial charge in [0.05, 0.1) is 6.04 Å². The summed E-state index contributed by atoms with van der Waals surface area (Å²) in [6.07, 6.45) is 1.58. The number of benzene rings is 2. The fourth-order valence-corrected chi connectivity index (χ4v) is 3.53. The van der Waals surface area contributed by atoms with Crippen LogP contribution in [0.3, 0.4) is 0 Å². The van der Waals surface area contributed by atoms with Crippen molar-refractivity contribution < 1.29 is 18.7 Å². The summed E-state index contributed by atoms with van der Waals surface area (Å²) in [5, 5.41) is 3.09. The number of carbonyl (C=O) groups excluding carboxylic acids is 1. The minimum atomic E-state index is -0.251. The molecule has 6 heteroatoms. The van der Waals surface area contributed by atoms with Crippen molar-refractivity contribution >= 4 is 21.8 Å². The molecule has 1 N–H and O–H groups in total. The first kappa shape index (κ1) is 18.6. The molecule has 5 nitrogen and oxygen atoms in total. The van der Waals surface area contributed by atoms with Crippen molar-refractivity contribution in [3.05, 3.63) is 82.2 Å².